The van der Waals surface area contributed by atoms with Gasteiger partial charge >= 0.3 is 5.97 Å². The van der Waals surface area contributed by atoms with Gasteiger partial charge in [0.2, 0.25) is 0 Å². The number of carboxylic acids is 1. The second-order valence-corrected chi connectivity index (χ2v) is 3.73. The Kier molecular flexibility index (Phi) is 4.56. The van der Waals surface area contributed by atoms with Gasteiger partial charge in [-0.1, -0.05) is 35.7 Å². The van der Waals surface area contributed by atoms with E-state index in [1.807, 2.05) is 31.2 Å². The Morgan fingerprint density at radius 1 is 1.56 bits per heavy atom. The van der Waals surface area contributed by atoms with Gasteiger partial charge in [0, 0.05) is 6.54 Å². The van der Waals surface area contributed by atoms with Gasteiger partial charge in [-0.2, -0.15) is 0 Å². The first-order valence-electron chi connectivity index (χ1n) is 5.05. The van der Waals surface area contributed by atoms with Crippen molar-refractivity contribution in [2.75, 3.05) is 13.1 Å². The number of nitrogens with zero attached hydrogens (tertiary/aromatic N) is 1. The molecule has 0 aliphatic carbocycles. The fourth-order valence-electron chi connectivity index (χ4n) is 1.56. The summed E-state index contributed by atoms with van der Waals surface area (Å²) >= 11 is 0. The summed E-state index contributed by atoms with van der Waals surface area (Å²) < 4.78 is 0. The van der Waals surface area contributed by atoms with E-state index in [-0.39, 0.29) is 6.54 Å². The standard InChI is InChI=1S/C13H15NO2/c1-3-7-14(10-13(15)16)9-12-6-4-5-11(2)8-12/h1,4-6,8H,7,9-10H2,2H3,(H,15,16). The quantitative estimate of drug-likeness (QED) is 0.760. The molecule has 0 spiro atoms. The first-order valence-corrected chi connectivity index (χ1v) is 5.05. The zero-order valence-electron chi connectivity index (χ0n) is 9.31. The number of aliphatic carboxylic acids is 1. The summed E-state index contributed by atoms with van der Waals surface area (Å²) in [5, 5.41) is 8.73. The second-order valence-electron chi connectivity index (χ2n) is 3.73. The number of terminal acetylenes is 1. The van der Waals surface area contributed by atoms with Gasteiger partial charge in [0.05, 0.1) is 13.1 Å². The molecule has 84 valence electrons. The minimum absolute atomic E-state index is 0.0296. The molecule has 0 fully saturated rings. The van der Waals surface area contributed by atoms with Crippen molar-refractivity contribution < 1.29 is 9.90 Å². The predicted octanol–water partition coefficient (Wildman–Crippen LogP) is 1.51. The summed E-state index contributed by atoms with van der Waals surface area (Å²) in [7, 11) is 0. The van der Waals surface area contributed by atoms with E-state index >= 15 is 0 Å². The fourth-order valence-corrected chi connectivity index (χ4v) is 1.56. The largest absolute Gasteiger partial charge is 0.480 e. The molecule has 1 aromatic carbocycles. The summed E-state index contributed by atoms with van der Waals surface area (Å²) in [5.41, 5.74) is 2.24. The van der Waals surface area contributed by atoms with Gasteiger partial charge in [0.15, 0.2) is 0 Å². The average Bonchev–Trinajstić information content (AvgIpc) is 2.16. The lowest BCUT2D eigenvalue weighted by Crippen LogP contribution is -2.29. The molecule has 0 bridgehead atoms. The Labute approximate surface area is 95.7 Å². The van der Waals surface area contributed by atoms with Crippen molar-refractivity contribution in [3.05, 3.63) is 35.4 Å². The number of carboxylic acid groups (broad SMARTS) is 1. The van der Waals surface area contributed by atoms with Crippen LogP contribution in [0.5, 0.6) is 0 Å². The van der Waals surface area contributed by atoms with Crippen LogP contribution in [-0.2, 0) is 11.3 Å². The second kappa shape index (κ2) is 5.94. The highest BCUT2D eigenvalue weighted by molar-refractivity contribution is 5.69. The van der Waals surface area contributed by atoms with Crippen molar-refractivity contribution in [1.82, 2.24) is 4.90 Å². The highest BCUT2D eigenvalue weighted by atomic mass is 16.4. The van der Waals surface area contributed by atoms with Crippen molar-refractivity contribution in [3.8, 4) is 12.3 Å². The Morgan fingerprint density at radius 3 is 2.88 bits per heavy atom. The van der Waals surface area contributed by atoms with E-state index in [1.54, 1.807) is 4.90 Å². The molecule has 0 aromatic heterocycles. The predicted molar refractivity (Wildman–Crippen MR) is 62.9 cm³/mol. The lowest BCUT2D eigenvalue weighted by Gasteiger charge is -2.17. The molecule has 1 aromatic rings. The normalized spacial score (nSPS) is 10.1. The van der Waals surface area contributed by atoms with Crippen LogP contribution in [0.2, 0.25) is 0 Å². The van der Waals surface area contributed by atoms with Crippen LogP contribution in [0.1, 0.15) is 11.1 Å². The molecule has 1 N–H and O–H groups in total. The number of rotatable bonds is 5. The number of carbonyl (C=O) groups is 1. The minimum atomic E-state index is -0.858. The number of benzene rings is 1. The van der Waals surface area contributed by atoms with E-state index in [1.165, 1.54) is 0 Å². The van der Waals surface area contributed by atoms with Crippen molar-refractivity contribution in [3.63, 3.8) is 0 Å². The molecule has 1 rings (SSSR count). The summed E-state index contributed by atoms with van der Waals surface area (Å²) in [4.78, 5) is 12.4. The van der Waals surface area contributed by atoms with E-state index in [2.05, 4.69) is 5.92 Å². The van der Waals surface area contributed by atoms with Crippen LogP contribution in [-0.4, -0.2) is 29.1 Å². The fraction of sp³-hybridized carbons (Fsp3) is 0.308. The van der Waals surface area contributed by atoms with Crippen LogP contribution in [0.3, 0.4) is 0 Å². The molecule has 0 radical (unpaired) electrons. The van der Waals surface area contributed by atoms with E-state index in [0.29, 0.717) is 13.1 Å². The Balaban J connectivity index is 2.68. The maximum atomic E-state index is 10.6. The average molecular weight is 217 g/mol. The third-order valence-electron chi connectivity index (χ3n) is 2.16. The third-order valence-corrected chi connectivity index (χ3v) is 2.16. The maximum absolute atomic E-state index is 10.6. The van der Waals surface area contributed by atoms with Crippen LogP contribution in [0, 0.1) is 19.3 Å². The van der Waals surface area contributed by atoms with Crippen LogP contribution >= 0.6 is 0 Å². The molecule has 16 heavy (non-hydrogen) atoms. The molecule has 0 heterocycles. The zero-order valence-corrected chi connectivity index (χ0v) is 9.31. The topological polar surface area (TPSA) is 40.5 Å². The summed E-state index contributed by atoms with van der Waals surface area (Å²) in [6, 6.07) is 7.97. The van der Waals surface area contributed by atoms with Crippen molar-refractivity contribution in [1.29, 1.82) is 0 Å². The molecule has 0 aliphatic heterocycles. The third kappa shape index (κ3) is 4.16. The van der Waals surface area contributed by atoms with Gasteiger partial charge in [0.25, 0.3) is 0 Å². The van der Waals surface area contributed by atoms with Gasteiger partial charge in [-0.25, -0.2) is 0 Å². The maximum Gasteiger partial charge on any atom is 0.317 e. The molecule has 0 amide bonds. The molecule has 0 unspecified atom stereocenters. The van der Waals surface area contributed by atoms with E-state index < -0.39 is 5.97 Å². The molecule has 3 nitrogen and oxygen atoms in total. The molecule has 0 saturated carbocycles. The highest BCUT2D eigenvalue weighted by Gasteiger charge is 2.08. The first-order chi connectivity index (χ1) is 7.61. The summed E-state index contributed by atoms with van der Waals surface area (Å²) in [5.74, 6) is 1.61. The number of hydrogen-bond acceptors (Lipinski definition) is 2. The summed E-state index contributed by atoms with van der Waals surface area (Å²) in [6.07, 6.45) is 5.20. The van der Waals surface area contributed by atoms with Crippen molar-refractivity contribution in [2.45, 2.75) is 13.5 Å². The van der Waals surface area contributed by atoms with Crippen LogP contribution in [0.15, 0.2) is 24.3 Å². The lowest BCUT2D eigenvalue weighted by molar-refractivity contribution is -0.138. The Bertz CT molecular complexity index is 407. The monoisotopic (exact) mass is 217 g/mol. The Morgan fingerprint density at radius 2 is 2.31 bits per heavy atom. The summed E-state index contributed by atoms with van der Waals surface area (Å²) in [6.45, 7) is 2.89. The smallest absolute Gasteiger partial charge is 0.317 e. The van der Waals surface area contributed by atoms with Gasteiger partial charge in [-0.3, -0.25) is 9.69 Å². The molecular formula is C13H15NO2. The molecule has 3 heteroatoms. The van der Waals surface area contributed by atoms with Gasteiger partial charge in [-0.15, -0.1) is 6.42 Å². The van der Waals surface area contributed by atoms with Crippen LogP contribution in [0.4, 0.5) is 0 Å². The molecule has 0 atom stereocenters. The lowest BCUT2D eigenvalue weighted by atomic mass is 10.1. The van der Waals surface area contributed by atoms with Crippen LogP contribution in [0.25, 0.3) is 0 Å². The van der Waals surface area contributed by atoms with Gasteiger partial charge in [-0.05, 0) is 12.5 Å². The highest BCUT2D eigenvalue weighted by Crippen LogP contribution is 2.07. The van der Waals surface area contributed by atoms with E-state index in [9.17, 15) is 4.79 Å². The zero-order chi connectivity index (χ0) is 12.0. The van der Waals surface area contributed by atoms with Gasteiger partial charge < -0.3 is 5.11 Å². The van der Waals surface area contributed by atoms with Gasteiger partial charge in [0.1, 0.15) is 0 Å². The van der Waals surface area contributed by atoms with E-state index in [4.69, 9.17) is 11.5 Å². The minimum Gasteiger partial charge on any atom is -0.480 e. The number of hydrogen-bond donors (Lipinski definition) is 1. The van der Waals surface area contributed by atoms with Crippen LogP contribution < -0.4 is 0 Å². The SMILES string of the molecule is C#CCN(CC(=O)O)Cc1cccc(C)c1. The number of aryl methyl sites for hydroxylation is 1. The Hall–Kier alpha value is -1.79. The van der Waals surface area contributed by atoms with E-state index in [0.717, 1.165) is 11.1 Å². The van der Waals surface area contributed by atoms with Crippen molar-refractivity contribution in [2.24, 2.45) is 0 Å². The molecule has 0 saturated heterocycles. The molecular weight excluding hydrogens is 202 g/mol. The first kappa shape index (κ1) is 12.3. The van der Waals surface area contributed by atoms with Crippen molar-refractivity contribution >= 4 is 5.97 Å². The molecule has 0 aliphatic rings.